The number of ether oxygens (including phenoxy) is 1. The topological polar surface area (TPSA) is 54.5 Å². The van der Waals surface area contributed by atoms with Gasteiger partial charge in [0.1, 0.15) is 0 Å². The van der Waals surface area contributed by atoms with E-state index in [1.165, 1.54) is 12.0 Å². The minimum Gasteiger partial charge on any atom is -0.378 e. The highest BCUT2D eigenvalue weighted by Crippen LogP contribution is 2.14. The van der Waals surface area contributed by atoms with Crippen molar-refractivity contribution in [3.63, 3.8) is 0 Å². The molecule has 0 unspecified atom stereocenters. The SMILES string of the molecule is CCc1ccc(CN(C)C(=O)NCC[C@@H]2CCCCO2)nc1. The molecule has 5 heteroatoms. The van der Waals surface area contributed by atoms with E-state index >= 15 is 0 Å². The Hall–Kier alpha value is -1.62. The van der Waals surface area contributed by atoms with Gasteiger partial charge in [0.15, 0.2) is 0 Å². The summed E-state index contributed by atoms with van der Waals surface area (Å²) in [5.41, 5.74) is 2.12. The quantitative estimate of drug-likeness (QED) is 0.879. The molecule has 1 saturated heterocycles. The van der Waals surface area contributed by atoms with Gasteiger partial charge in [0.25, 0.3) is 0 Å². The lowest BCUT2D eigenvalue weighted by molar-refractivity contribution is 0.0118. The monoisotopic (exact) mass is 305 g/mol. The second-order valence-corrected chi connectivity index (χ2v) is 5.88. The summed E-state index contributed by atoms with van der Waals surface area (Å²) < 4.78 is 5.66. The molecule has 2 rings (SSSR count). The Balaban J connectivity index is 1.69. The van der Waals surface area contributed by atoms with Crippen molar-refractivity contribution in [1.29, 1.82) is 0 Å². The number of urea groups is 1. The number of nitrogens with one attached hydrogen (secondary N) is 1. The average molecular weight is 305 g/mol. The number of hydrogen-bond acceptors (Lipinski definition) is 3. The third kappa shape index (κ3) is 5.30. The first-order valence-corrected chi connectivity index (χ1v) is 8.23. The van der Waals surface area contributed by atoms with Crippen LogP contribution in [0.3, 0.4) is 0 Å². The minimum absolute atomic E-state index is 0.0582. The first-order valence-electron chi connectivity index (χ1n) is 8.23. The fourth-order valence-corrected chi connectivity index (χ4v) is 2.58. The third-order valence-electron chi connectivity index (χ3n) is 4.06. The normalized spacial score (nSPS) is 18.0. The summed E-state index contributed by atoms with van der Waals surface area (Å²) in [4.78, 5) is 18.1. The van der Waals surface area contributed by atoms with Gasteiger partial charge in [-0.3, -0.25) is 4.98 Å². The lowest BCUT2D eigenvalue weighted by atomic mass is 10.1. The van der Waals surface area contributed by atoms with Crippen LogP contribution in [0.15, 0.2) is 18.3 Å². The first-order chi connectivity index (χ1) is 10.7. The molecule has 22 heavy (non-hydrogen) atoms. The lowest BCUT2D eigenvalue weighted by Crippen LogP contribution is -2.38. The van der Waals surface area contributed by atoms with E-state index in [1.54, 1.807) is 11.9 Å². The lowest BCUT2D eigenvalue weighted by Gasteiger charge is -2.23. The summed E-state index contributed by atoms with van der Waals surface area (Å²) in [7, 11) is 1.79. The van der Waals surface area contributed by atoms with Crippen molar-refractivity contribution in [1.82, 2.24) is 15.2 Å². The molecule has 0 bridgehead atoms. The highest BCUT2D eigenvalue weighted by Gasteiger charge is 2.15. The Bertz CT molecular complexity index is 455. The number of rotatable bonds is 6. The van der Waals surface area contributed by atoms with Crippen LogP contribution in [-0.4, -0.2) is 42.2 Å². The number of aryl methyl sites for hydroxylation is 1. The molecule has 5 nitrogen and oxygen atoms in total. The van der Waals surface area contributed by atoms with E-state index in [2.05, 4.69) is 23.3 Å². The zero-order valence-electron chi connectivity index (χ0n) is 13.7. The summed E-state index contributed by atoms with van der Waals surface area (Å²) >= 11 is 0. The Morgan fingerprint density at radius 3 is 2.95 bits per heavy atom. The van der Waals surface area contributed by atoms with Crippen LogP contribution in [0.2, 0.25) is 0 Å². The molecule has 1 aromatic heterocycles. The van der Waals surface area contributed by atoms with Crippen molar-refractivity contribution >= 4 is 6.03 Å². The van der Waals surface area contributed by atoms with Crippen molar-refractivity contribution in [2.24, 2.45) is 0 Å². The van der Waals surface area contributed by atoms with Gasteiger partial charge < -0.3 is 15.0 Å². The van der Waals surface area contributed by atoms with Crippen LogP contribution in [-0.2, 0) is 17.7 Å². The molecule has 2 amide bonds. The number of amides is 2. The molecular formula is C17H27N3O2. The van der Waals surface area contributed by atoms with Crippen LogP contribution in [0.1, 0.15) is 43.9 Å². The van der Waals surface area contributed by atoms with Crippen molar-refractivity contribution in [3.05, 3.63) is 29.6 Å². The highest BCUT2D eigenvalue weighted by atomic mass is 16.5. The van der Waals surface area contributed by atoms with Crippen LogP contribution < -0.4 is 5.32 Å². The number of pyridine rings is 1. The second kappa shape index (κ2) is 8.73. The molecule has 0 saturated carbocycles. The maximum Gasteiger partial charge on any atom is 0.317 e. The van der Waals surface area contributed by atoms with E-state index in [0.29, 0.717) is 19.2 Å². The Morgan fingerprint density at radius 2 is 2.32 bits per heavy atom. The first kappa shape index (κ1) is 16.7. The van der Waals surface area contributed by atoms with Crippen molar-refractivity contribution < 1.29 is 9.53 Å². The molecule has 1 atom stereocenters. The van der Waals surface area contributed by atoms with Crippen LogP contribution in [0.25, 0.3) is 0 Å². The molecule has 1 fully saturated rings. The smallest absolute Gasteiger partial charge is 0.317 e. The molecule has 0 aromatic carbocycles. The van der Waals surface area contributed by atoms with E-state index in [1.807, 2.05) is 12.3 Å². The van der Waals surface area contributed by atoms with Gasteiger partial charge in [-0.15, -0.1) is 0 Å². The number of carbonyl (C=O) groups excluding carboxylic acids is 1. The molecule has 0 spiro atoms. The predicted octanol–water partition coefficient (Wildman–Crippen LogP) is 2.74. The van der Waals surface area contributed by atoms with Gasteiger partial charge in [-0.1, -0.05) is 13.0 Å². The maximum atomic E-state index is 12.1. The molecule has 1 aromatic rings. The van der Waals surface area contributed by atoms with Gasteiger partial charge in [-0.25, -0.2) is 4.79 Å². The zero-order valence-corrected chi connectivity index (χ0v) is 13.7. The van der Waals surface area contributed by atoms with Crippen LogP contribution in [0.4, 0.5) is 4.79 Å². The molecule has 1 aliphatic heterocycles. The Kier molecular flexibility index (Phi) is 6.65. The number of hydrogen-bond donors (Lipinski definition) is 1. The standard InChI is InChI=1S/C17H27N3O2/c1-3-14-7-8-15(19-12-14)13-20(2)17(21)18-10-9-16-6-4-5-11-22-16/h7-8,12,16H,3-6,9-11,13H2,1-2H3,(H,18,21)/t16-/m0/s1. The van der Waals surface area contributed by atoms with E-state index in [0.717, 1.165) is 38.0 Å². The van der Waals surface area contributed by atoms with Gasteiger partial charge in [-0.2, -0.15) is 0 Å². The summed E-state index contributed by atoms with van der Waals surface area (Å²) in [6.07, 6.45) is 7.56. The second-order valence-electron chi connectivity index (χ2n) is 5.88. The van der Waals surface area contributed by atoms with Crippen molar-refractivity contribution in [2.75, 3.05) is 20.2 Å². The maximum absolute atomic E-state index is 12.1. The van der Waals surface area contributed by atoms with Crippen LogP contribution in [0.5, 0.6) is 0 Å². The van der Waals surface area contributed by atoms with Gasteiger partial charge in [-0.05, 0) is 43.7 Å². The highest BCUT2D eigenvalue weighted by molar-refractivity contribution is 5.73. The fourth-order valence-electron chi connectivity index (χ4n) is 2.58. The summed E-state index contributed by atoms with van der Waals surface area (Å²) in [6, 6.07) is 3.99. The largest absolute Gasteiger partial charge is 0.378 e. The van der Waals surface area contributed by atoms with E-state index in [-0.39, 0.29) is 6.03 Å². The van der Waals surface area contributed by atoms with Gasteiger partial charge in [0, 0.05) is 26.4 Å². The van der Waals surface area contributed by atoms with Gasteiger partial charge >= 0.3 is 6.03 Å². The molecule has 1 N–H and O–H groups in total. The van der Waals surface area contributed by atoms with Crippen LogP contribution >= 0.6 is 0 Å². The summed E-state index contributed by atoms with van der Waals surface area (Å²) in [5, 5.41) is 2.95. The van der Waals surface area contributed by atoms with Crippen LogP contribution in [0, 0.1) is 0 Å². The summed E-state index contributed by atoms with van der Waals surface area (Å²) in [5.74, 6) is 0. The molecular weight excluding hydrogens is 278 g/mol. The number of nitrogens with zero attached hydrogens (tertiary/aromatic N) is 2. The van der Waals surface area contributed by atoms with Crippen molar-refractivity contribution in [2.45, 2.75) is 51.7 Å². The minimum atomic E-state index is -0.0582. The average Bonchev–Trinajstić information content (AvgIpc) is 2.56. The van der Waals surface area contributed by atoms with Gasteiger partial charge in [0.2, 0.25) is 0 Å². The zero-order chi connectivity index (χ0) is 15.8. The molecule has 1 aliphatic rings. The van der Waals surface area contributed by atoms with E-state index in [4.69, 9.17) is 4.74 Å². The molecule has 122 valence electrons. The summed E-state index contributed by atoms with van der Waals surface area (Å²) in [6.45, 7) is 4.15. The van der Waals surface area contributed by atoms with E-state index in [9.17, 15) is 4.79 Å². The van der Waals surface area contributed by atoms with E-state index < -0.39 is 0 Å². The van der Waals surface area contributed by atoms with Crippen molar-refractivity contribution in [3.8, 4) is 0 Å². The molecule has 0 aliphatic carbocycles. The predicted molar refractivity (Wildman–Crippen MR) is 86.7 cm³/mol. The molecule has 2 heterocycles. The third-order valence-corrected chi connectivity index (χ3v) is 4.06. The number of aromatic nitrogens is 1. The number of carbonyl (C=O) groups is 1. The Labute approximate surface area is 133 Å². The molecule has 0 radical (unpaired) electrons. The van der Waals surface area contributed by atoms with Gasteiger partial charge in [0.05, 0.1) is 18.3 Å². The fraction of sp³-hybridized carbons (Fsp3) is 0.647. The Morgan fingerprint density at radius 1 is 1.45 bits per heavy atom.